The van der Waals surface area contributed by atoms with Gasteiger partial charge in [-0.2, -0.15) is 0 Å². The molecule has 0 bridgehead atoms. The Morgan fingerprint density at radius 1 is 1.27 bits per heavy atom. The van der Waals surface area contributed by atoms with Gasteiger partial charge in [-0.15, -0.1) is 0 Å². The van der Waals surface area contributed by atoms with Crippen LogP contribution in [-0.2, 0) is 23.1 Å². The number of hydrogen-bond acceptors (Lipinski definition) is 3. The van der Waals surface area contributed by atoms with E-state index < -0.39 is 11.4 Å². The second-order valence-corrected chi connectivity index (χ2v) is 7.50. The Kier molecular flexibility index (Phi) is 4.52. The summed E-state index contributed by atoms with van der Waals surface area (Å²) in [6, 6.07) is 4.25. The number of ether oxygens (including phenoxy) is 1. The van der Waals surface area contributed by atoms with E-state index in [4.69, 9.17) is 4.74 Å². The molecule has 1 aliphatic rings. The van der Waals surface area contributed by atoms with Crippen molar-refractivity contribution in [1.82, 2.24) is 0 Å². The quantitative estimate of drug-likeness (QED) is 0.877. The third-order valence-corrected chi connectivity index (χ3v) is 4.48. The molecule has 1 heterocycles. The predicted octanol–water partition coefficient (Wildman–Crippen LogP) is 2.93. The van der Waals surface area contributed by atoms with Crippen LogP contribution in [0.1, 0.15) is 50.8 Å². The van der Waals surface area contributed by atoms with E-state index in [9.17, 15) is 15.0 Å². The van der Waals surface area contributed by atoms with E-state index in [0.29, 0.717) is 19.4 Å². The molecule has 0 spiro atoms. The van der Waals surface area contributed by atoms with Crippen molar-refractivity contribution >= 4 is 5.97 Å². The summed E-state index contributed by atoms with van der Waals surface area (Å²) in [4.78, 5) is 11.3. The van der Waals surface area contributed by atoms with Gasteiger partial charge in [-0.05, 0) is 36.3 Å². The minimum atomic E-state index is -1.09. The lowest BCUT2D eigenvalue weighted by Gasteiger charge is -2.25. The minimum absolute atomic E-state index is 0.0164. The third kappa shape index (κ3) is 3.27. The third-order valence-electron chi connectivity index (χ3n) is 4.48. The van der Waals surface area contributed by atoms with Crippen LogP contribution < -0.4 is 4.74 Å². The highest BCUT2D eigenvalue weighted by molar-refractivity contribution is 5.74. The molecule has 0 aliphatic carbocycles. The number of aliphatic hydroxyl groups is 1. The van der Waals surface area contributed by atoms with E-state index in [-0.39, 0.29) is 12.0 Å². The number of carboxylic acid groups (broad SMARTS) is 1. The van der Waals surface area contributed by atoms with E-state index in [1.54, 1.807) is 6.92 Å². The second-order valence-electron chi connectivity index (χ2n) is 7.50. The number of rotatable bonds is 5. The fourth-order valence-electron chi connectivity index (χ4n) is 2.75. The molecular formula is C18H26O4. The van der Waals surface area contributed by atoms with Gasteiger partial charge in [-0.1, -0.05) is 32.9 Å². The Hall–Kier alpha value is -1.55. The molecule has 1 unspecified atom stereocenters. The van der Waals surface area contributed by atoms with Crippen molar-refractivity contribution in [3.05, 3.63) is 28.8 Å². The molecule has 0 saturated heterocycles. The zero-order valence-corrected chi connectivity index (χ0v) is 13.9. The van der Waals surface area contributed by atoms with Crippen LogP contribution in [0.5, 0.6) is 5.75 Å². The molecule has 4 heteroatoms. The van der Waals surface area contributed by atoms with Gasteiger partial charge in [0.1, 0.15) is 5.75 Å². The fourth-order valence-corrected chi connectivity index (χ4v) is 2.75. The van der Waals surface area contributed by atoms with Crippen molar-refractivity contribution < 1.29 is 19.7 Å². The number of carboxylic acids is 1. The average molecular weight is 306 g/mol. The molecule has 122 valence electrons. The van der Waals surface area contributed by atoms with Crippen LogP contribution in [0.4, 0.5) is 0 Å². The van der Waals surface area contributed by atoms with Crippen molar-refractivity contribution in [2.45, 2.75) is 52.4 Å². The molecule has 0 fully saturated rings. The van der Waals surface area contributed by atoms with Gasteiger partial charge in [-0.25, -0.2) is 0 Å². The summed E-state index contributed by atoms with van der Waals surface area (Å²) >= 11 is 0. The first-order valence-electron chi connectivity index (χ1n) is 7.81. The van der Waals surface area contributed by atoms with Gasteiger partial charge < -0.3 is 14.9 Å². The molecule has 0 radical (unpaired) electrons. The van der Waals surface area contributed by atoms with Crippen molar-refractivity contribution in [3.8, 4) is 5.75 Å². The first-order chi connectivity index (χ1) is 10.2. The number of hydrogen-bond donors (Lipinski definition) is 2. The van der Waals surface area contributed by atoms with Crippen molar-refractivity contribution in [2.75, 3.05) is 13.2 Å². The van der Waals surface area contributed by atoms with Crippen LogP contribution >= 0.6 is 0 Å². The van der Waals surface area contributed by atoms with Gasteiger partial charge in [0.2, 0.25) is 0 Å². The number of aliphatic hydroxyl groups excluding tert-OH is 1. The summed E-state index contributed by atoms with van der Waals surface area (Å²) in [7, 11) is 0. The van der Waals surface area contributed by atoms with E-state index in [0.717, 1.165) is 17.7 Å². The highest BCUT2D eigenvalue weighted by Crippen LogP contribution is 2.39. The molecule has 0 aromatic heterocycles. The first kappa shape index (κ1) is 16.8. The van der Waals surface area contributed by atoms with E-state index in [2.05, 4.69) is 32.9 Å². The Morgan fingerprint density at radius 3 is 2.50 bits per heavy atom. The van der Waals surface area contributed by atoms with Gasteiger partial charge >= 0.3 is 5.97 Å². The zero-order valence-electron chi connectivity index (χ0n) is 13.9. The largest absolute Gasteiger partial charge is 0.493 e. The first-order valence-corrected chi connectivity index (χ1v) is 7.81. The van der Waals surface area contributed by atoms with Crippen molar-refractivity contribution in [1.29, 1.82) is 0 Å². The van der Waals surface area contributed by atoms with Crippen LogP contribution in [-0.4, -0.2) is 29.4 Å². The molecule has 22 heavy (non-hydrogen) atoms. The number of aliphatic carboxylic acids is 1. The number of fused-ring (bicyclic) bond motifs is 1. The Balaban J connectivity index is 2.28. The van der Waals surface area contributed by atoms with Crippen LogP contribution in [0.2, 0.25) is 0 Å². The van der Waals surface area contributed by atoms with Crippen molar-refractivity contribution in [3.63, 3.8) is 0 Å². The summed E-state index contributed by atoms with van der Waals surface area (Å²) in [5.41, 5.74) is 2.41. The maximum atomic E-state index is 11.3. The highest BCUT2D eigenvalue weighted by Gasteiger charge is 2.32. The summed E-state index contributed by atoms with van der Waals surface area (Å²) in [5.74, 6) is 0.0509. The van der Waals surface area contributed by atoms with E-state index >= 15 is 0 Å². The van der Waals surface area contributed by atoms with Gasteiger partial charge in [0.25, 0.3) is 0 Å². The molecule has 1 aliphatic heterocycles. The Morgan fingerprint density at radius 2 is 1.95 bits per heavy atom. The molecule has 0 amide bonds. The predicted molar refractivity (Wildman–Crippen MR) is 85.5 cm³/mol. The Labute approximate surface area is 132 Å². The maximum absolute atomic E-state index is 11.3. The molecule has 2 N–H and O–H groups in total. The molecule has 1 aromatic rings. The average Bonchev–Trinajstić information content (AvgIpc) is 2.90. The van der Waals surface area contributed by atoms with Gasteiger partial charge in [-0.3, -0.25) is 4.79 Å². The van der Waals surface area contributed by atoms with Crippen LogP contribution in [0.3, 0.4) is 0 Å². The van der Waals surface area contributed by atoms with Crippen LogP contribution in [0, 0.1) is 5.41 Å². The topological polar surface area (TPSA) is 66.8 Å². The van der Waals surface area contributed by atoms with E-state index in [1.165, 1.54) is 11.1 Å². The normalized spacial score (nSPS) is 16.8. The summed E-state index contributed by atoms with van der Waals surface area (Å²) in [6.07, 6.45) is 1.96. The SMILES string of the molecule is CC(CO)(CCc1cc2c(c(C(C)(C)C)c1)OCC2)C(=O)O. The number of aryl methyl sites for hydroxylation is 1. The summed E-state index contributed by atoms with van der Waals surface area (Å²) in [6.45, 7) is 8.43. The summed E-state index contributed by atoms with van der Waals surface area (Å²) < 4.78 is 5.78. The van der Waals surface area contributed by atoms with Gasteiger partial charge in [0.05, 0.1) is 18.6 Å². The molecule has 4 nitrogen and oxygen atoms in total. The van der Waals surface area contributed by atoms with Crippen molar-refractivity contribution in [2.24, 2.45) is 5.41 Å². The molecular weight excluding hydrogens is 280 g/mol. The molecule has 1 aromatic carbocycles. The van der Waals surface area contributed by atoms with Gasteiger partial charge in [0.15, 0.2) is 0 Å². The highest BCUT2D eigenvalue weighted by atomic mass is 16.5. The lowest BCUT2D eigenvalue weighted by Crippen LogP contribution is -2.32. The second kappa shape index (κ2) is 5.92. The minimum Gasteiger partial charge on any atom is -0.493 e. The van der Waals surface area contributed by atoms with Crippen LogP contribution in [0.25, 0.3) is 0 Å². The Bertz CT molecular complexity index is 571. The van der Waals surface area contributed by atoms with E-state index in [1.807, 2.05) is 0 Å². The molecule has 1 atom stereocenters. The summed E-state index contributed by atoms with van der Waals surface area (Å²) in [5, 5.41) is 18.6. The zero-order chi connectivity index (χ0) is 16.5. The fraction of sp³-hybridized carbons (Fsp3) is 0.611. The number of benzene rings is 1. The monoisotopic (exact) mass is 306 g/mol. The maximum Gasteiger partial charge on any atom is 0.311 e. The van der Waals surface area contributed by atoms with Crippen LogP contribution in [0.15, 0.2) is 12.1 Å². The smallest absolute Gasteiger partial charge is 0.311 e. The standard InChI is InChI=1S/C18H26O4/c1-17(2,3)14-10-12(9-13-6-8-22-15(13)14)5-7-18(4,11-19)16(20)21/h9-10,19H,5-8,11H2,1-4H3,(H,20,21). The lowest BCUT2D eigenvalue weighted by atomic mass is 9.81. The number of carbonyl (C=O) groups is 1. The van der Waals surface area contributed by atoms with Gasteiger partial charge in [0, 0.05) is 12.0 Å². The lowest BCUT2D eigenvalue weighted by molar-refractivity contribution is -0.150. The molecule has 2 rings (SSSR count). The molecule has 0 saturated carbocycles.